The molecule has 1 aliphatic rings. The number of anilines is 1. The minimum absolute atomic E-state index is 0.0379. The quantitative estimate of drug-likeness (QED) is 0.588. The van der Waals surface area contributed by atoms with Crippen molar-refractivity contribution in [2.75, 3.05) is 11.4 Å². The van der Waals surface area contributed by atoms with Crippen LogP contribution in [0, 0.1) is 11.6 Å². The minimum Gasteiger partial charge on any atom is -0.332 e. The van der Waals surface area contributed by atoms with Crippen LogP contribution in [0.3, 0.4) is 0 Å². The third kappa shape index (κ3) is 2.63. The van der Waals surface area contributed by atoms with Gasteiger partial charge in [-0.2, -0.15) is 10.1 Å². The molecular weight excluding hydrogens is 368 g/mol. The standard InChI is InChI=1S/C19H13F2N5O2/c20-11-5-6-15(13(21)8-11)26-9-10(7-16(26)27)18-22-19(28-25-18)17-12-3-1-2-4-14(12)23-24-17/h1-6,8,10H,7,9H2,(H,23,24). The number of aromatic nitrogens is 4. The molecule has 1 aliphatic heterocycles. The fraction of sp³-hybridized carbons (Fsp3) is 0.158. The number of nitrogens with zero attached hydrogens (tertiary/aromatic N) is 4. The molecule has 3 heterocycles. The van der Waals surface area contributed by atoms with Crippen molar-refractivity contribution in [3.05, 3.63) is 59.9 Å². The van der Waals surface area contributed by atoms with E-state index in [1.807, 2.05) is 24.3 Å². The third-order valence-corrected chi connectivity index (χ3v) is 4.81. The van der Waals surface area contributed by atoms with Crippen molar-refractivity contribution in [2.45, 2.75) is 12.3 Å². The average molecular weight is 381 g/mol. The van der Waals surface area contributed by atoms with Gasteiger partial charge in [-0.3, -0.25) is 9.89 Å². The predicted molar refractivity (Wildman–Crippen MR) is 95.5 cm³/mol. The van der Waals surface area contributed by atoms with E-state index in [1.54, 1.807) is 0 Å². The highest BCUT2D eigenvalue weighted by Gasteiger charge is 2.36. The van der Waals surface area contributed by atoms with Crippen LogP contribution in [-0.4, -0.2) is 32.8 Å². The number of halogens is 2. The summed E-state index contributed by atoms with van der Waals surface area (Å²) in [7, 11) is 0. The number of H-pyrrole nitrogens is 1. The van der Waals surface area contributed by atoms with Crippen LogP contribution in [0.4, 0.5) is 14.5 Å². The van der Waals surface area contributed by atoms with E-state index in [0.29, 0.717) is 11.5 Å². The van der Waals surface area contributed by atoms with E-state index in [-0.39, 0.29) is 36.4 Å². The molecule has 7 nitrogen and oxygen atoms in total. The normalized spacial score (nSPS) is 17.0. The number of rotatable bonds is 3. The molecule has 1 N–H and O–H groups in total. The first-order valence-corrected chi connectivity index (χ1v) is 8.62. The highest BCUT2D eigenvalue weighted by molar-refractivity contribution is 5.96. The summed E-state index contributed by atoms with van der Waals surface area (Å²) in [6.07, 6.45) is 0.108. The molecule has 1 saturated heterocycles. The molecule has 1 unspecified atom stereocenters. The molecule has 1 amide bonds. The van der Waals surface area contributed by atoms with Gasteiger partial charge in [-0.25, -0.2) is 8.78 Å². The van der Waals surface area contributed by atoms with Crippen LogP contribution >= 0.6 is 0 Å². The average Bonchev–Trinajstić information content (AvgIpc) is 3.39. The number of carbonyl (C=O) groups is 1. The number of nitrogens with one attached hydrogen (secondary N) is 1. The Labute approximate surface area is 157 Å². The molecule has 4 aromatic rings. The second-order valence-electron chi connectivity index (χ2n) is 6.58. The molecule has 2 aromatic carbocycles. The zero-order valence-electron chi connectivity index (χ0n) is 14.4. The number of carbonyl (C=O) groups excluding carboxylic acids is 1. The van der Waals surface area contributed by atoms with Gasteiger partial charge in [-0.15, -0.1) is 0 Å². The summed E-state index contributed by atoms with van der Waals surface area (Å²) in [4.78, 5) is 18.0. The van der Waals surface area contributed by atoms with E-state index in [9.17, 15) is 13.6 Å². The summed E-state index contributed by atoms with van der Waals surface area (Å²) in [6, 6.07) is 10.7. The van der Waals surface area contributed by atoms with E-state index >= 15 is 0 Å². The Bertz CT molecular complexity index is 1200. The lowest BCUT2D eigenvalue weighted by Crippen LogP contribution is -2.25. The first-order chi connectivity index (χ1) is 13.6. The van der Waals surface area contributed by atoms with Gasteiger partial charge in [-0.1, -0.05) is 23.4 Å². The molecule has 5 rings (SSSR count). The third-order valence-electron chi connectivity index (χ3n) is 4.81. The molecule has 0 aliphatic carbocycles. The second-order valence-corrected chi connectivity index (χ2v) is 6.58. The maximum absolute atomic E-state index is 14.0. The zero-order chi connectivity index (χ0) is 19.3. The SMILES string of the molecule is O=C1CC(c2noc(-c3n[nH]c4ccccc34)n2)CN1c1ccc(F)cc1F. The van der Waals surface area contributed by atoms with Gasteiger partial charge >= 0.3 is 0 Å². The first-order valence-electron chi connectivity index (χ1n) is 8.62. The van der Waals surface area contributed by atoms with Gasteiger partial charge in [0.25, 0.3) is 5.89 Å². The summed E-state index contributed by atoms with van der Waals surface area (Å²) in [6.45, 7) is 0.182. The Kier molecular flexibility index (Phi) is 3.68. The van der Waals surface area contributed by atoms with Crippen molar-refractivity contribution in [3.8, 4) is 11.6 Å². The Hall–Kier alpha value is -3.62. The zero-order valence-corrected chi connectivity index (χ0v) is 14.4. The number of fused-ring (bicyclic) bond motifs is 1. The number of aromatic amines is 1. The van der Waals surface area contributed by atoms with Crippen LogP contribution in [0.15, 0.2) is 47.0 Å². The molecule has 0 spiro atoms. The number of amides is 1. The Morgan fingerprint density at radius 1 is 1.18 bits per heavy atom. The lowest BCUT2D eigenvalue weighted by molar-refractivity contribution is -0.117. The van der Waals surface area contributed by atoms with Crippen LogP contribution in [0.1, 0.15) is 18.2 Å². The molecule has 9 heteroatoms. The first kappa shape index (κ1) is 16.5. The van der Waals surface area contributed by atoms with Crippen molar-refractivity contribution in [2.24, 2.45) is 0 Å². The molecule has 0 saturated carbocycles. The fourth-order valence-electron chi connectivity index (χ4n) is 3.44. The maximum atomic E-state index is 14.0. The topological polar surface area (TPSA) is 87.9 Å². The Morgan fingerprint density at radius 2 is 2.04 bits per heavy atom. The monoisotopic (exact) mass is 381 g/mol. The highest BCUT2D eigenvalue weighted by Crippen LogP contribution is 2.33. The molecule has 0 radical (unpaired) electrons. The summed E-state index contributed by atoms with van der Waals surface area (Å²) in [5.41, 5.74) is 1.40. The number of hydrogen-bond acceptors (Lipinski definition) is 5. The van der Waals surface area contributed by atoms with Gasteiger partial charge < -0.3 is 9.42 Å². The van der Waals surface area contributed by atoms with Crippen molar-refractivity contribution in [1.82, 2.24) is 20.3 Å². The van der Waals surface area contributed by atoms with E-state index in [4.69, 9.17) is 4.52 Å². The largest absolute Gasteiger partial charge is 0.332 e. The van der Waals surface area contributed by atoms with Gasteiger partial charge in [0, 0.05) is 30.3 Å². The highest BCUT2D eigenvalue weighted by atomic mass is 19.1. The van der Waals surface area contributed by atoms with Crippen LogP contribution in [0.25, 0.3) is 22.5 Å². The second kappa shape index (κ2) is 6.22. The number of hydrogen-bond donors (Lipinski definition) is 1. The van der Waals surface area contributed by atoms with Crippen LogP contribution in [0.5, 0.6) is 0 Å². The molecule has 1 fully saturated rings. The van der Waals surface area contributed by atoms with Gasteiger partial charge in [0.1, 0.15) is 11.6 Å². The maximum Gasteiger partial charge on any atom is 0.279 e. The molecule has 28 heavy (non-hydrogen) atoms. The Balaban J connectivity index is 1.43. The number of benzene rings is 2. The molecule has 140 valence electrons. The van der Waals surface area contributed by atoms with Crippen molar-refractivity contribution in [3.63, 3.8) is 0 Å². The van der Waals surface area contributed by atoms with Crippen LogP contribution in [0.2, 0.25) is 0 Å². The smallest absolute Gasteiger partial charge is 0.279 e. The van der Waals surface area contributed by atoms with Crippen molar-refractivity contribution in [1.29, 1.82) is 0 Å². The van der Waals surface area contributed by atoms with Gasteiger partial charge in [0.05, 0.1) is 11.2 Å². The van der Waals surface area contributed by atoms with Gasteiger partial charge in [0.2, 0.25) is 5.91 Å². The summed E-state index contributed by atoms with van der Waals surface area (Å²) >= 11 is 0. The van der Waals surface area contributed by atoms with Crippen LogP contribution in [-0.2, 0) is 4.79 Å². The lowest BCUT2D eigenvalue weighted by atomic mass is 10.1. The molecular formula is C19H13F2N5O2. The summed E-state index contributed by atoms with van der Waals surface area (Å²) in [5.74, 6) is -1.54. The summed E-state index contributed by atoms with van der Waals surface area (Å²) in [5, 5.41) is 11.9. The van der Waals surface area contributed by atoms with Crippen molar-refractivity contribution < 1.29 is 18.1 Å². The van der Waals surface area contributed by atoms with E-state index < -0.39 is 11.6 Å². The molecule has 2 aromatic heterocycles. The van der Waals surface area contributed by atoms with Gasteiger partial charge in [-0.05, 0) is 18.2 Å². The molecule has 1 atom stereocenters. The number of para-hydroxylation sites is 1. The minimum atomic E-state index is -0.786. The van der Waals surface area contributed by atoms with E-state index in [1.165, 1.54) is 11.0 Å². The Morgan fingerprint density at radius 3 is 2.89 bits per heavy atom. The molecule has 0 bridgehead atoms. The van der Waals surface area contributed by atoms with E-state index in [0.717, 1.165) is 23.0 Å². The van der Waals surface area contributed by atoms with Gasteiger partial charge in [0.15, 0.2) is 11.5 Å². The lowest BCUT2D eigenvalue weighted by Gasteiger charge is -2.16. The predicted octanol–water partition coefficient (Wildman–Crippen LogP) is 3.41. The van der Waals surface area contributed by atoms with Crippen LogP contribution < -0.4 is 4.90 Å². The van der Waals surface area contributed by atoms with E-state index in [2.05, 4.69) is 20.3 Å². The fourth-order valence-corrected chi connectivity index (χ4v) is 3.44. The van der Waals surface area contributed by atoms with Crippen molar-refractivity contribution >= 4 is 22.5 Å². The summed E-state index contributed by atoms with van der Waals surface area (Å²) < 4.78 is 32.5.